The number of nitrogens with zero attached hydrogens (tertiary/aromatic N) is 1. The molecule has 6 rings (SSSR count). The number of benzene rings is 6. The van der Waals surface area contributed by atoms with Gasteiger partial charge in [-0.3, -0.25) is 0 Å². The molecule has 6 aromatic carbocycles. The average molecular weight is 579 g/mol. The molecule has 0 saturated carbocycles. The van der Waals surface area contributed by atoms with Crippen molar-refractivity contribution in [3.63, 3.8) is 0 Å². The number of nitrogens with one attached hydrogen (secondary N) is 1. The summed E-state index contributed by atoms with van der Waals surface area (Å²) in [5.74, 6) is 0. The Morgan fingerprint density at radius 3 is 1.77 bits per heavy atom. The maximum absolute atomic E-state index is 6.87. The first-order valence-corrected chi connectivity index (χ1v) is 15.0. The van der Waals surface area contributed by atoms with E-state index in [-0.39, 0.29) is 5.41 Å². The van der Waals surface area contributed by atoms with Crippen LogP contribution in [0.3, 0.4) is 0 Å². The fourth-order valence-electron chi connectivity index (χ4n) is 5.44. The Kier molecular flexibility index (Phi) is 8.05. The van der Waals surface area contributed by atoms with Crippen molar-refractivity contribution in [2.75, 3.05) is 10.2 Å². The van der Waals surface area contributed by atoms with Crippen molar-refractivity contribution in [2.24, 2.45) is 0 Å². The van der Waals surface area contributed by atoms with E-state index in [1.54, 1.807) is 0 Å². The molecule has 0 bridgehead atoms. The number of anilines is 5. The lowest BCUT2D eigenvalue weighted by molar-refractivity contribution is 0.590. The largest absolute Gasteiger partial charge is 0.355 e. The Balaban J connectivity index is 1.50. The lowest BCUT2D eigenvalue weighted by Crippen LogP contribution is -2.14. The number of para-hydroxylation sites is 2. The van der Waals surface area contributed by atoms with E-state index >= 15 is 0 Å². The van der Waals surface area contributed by atoms with Gasteiger partial charge in [0.25, 0.3) is 0 Å². The highest BCUT2D eigenvalue weighted by Gasteiger charge is 2.22. The van der Waals surface area contributed by atoms with Crippen LogP contribution in [0.1, 0.15) is 26.3 Å². The molecule has 0 aromatic heterocycles. The molecule has 3 heteroatoms. The van der Waals surface area contributed by atoms with Crippen LogP contribution in [0.4, 0.5) is 28.4 Å². The van der Waals surface area contributed by atoms with Crippen LogP contribution in [0.2, 0.25) is 5.02 Å². The Hall–Kier alpha value is -4.79. The third kappa shape index (κ3) is 6.35. The van der Waals surface area contributed by atoms with E-state index in [9.17, 15) is 0 Å². The van der Waals surface area contributed by atoms with Gasteiger partial charge >= 0.3 is 0 Å². The highest BCUT2D eigenvalue weighted by molar-refractivity contribution is 6.31. The average Bonchev–Trinajstić information content (AvgIpc) is 3.02. The van der Waals surface area contributed by atoms with E-state index in [2.05, 4.69) is 158 Å². The smallest absolute Gasteiger partial charge is 0.0540 e. The number of hydrogen-bond acceptors (Lipinski definition) is 2. The minimum absolute atomic E-state index is 0.0128. The fourth-order valence-corrected chi connectivity index (χ4v) is 5.67. The number of hydrogen-bond donors (Lipinski definition) is 1. The minimum Gasteiger partial charge on any atom is -0.355 e. The van der Waals surface area contributed by atoms with Crippen LogP contribution < -0.4 is 10.2 Å². The van der Waals surface area contributed by atoms with Gasteiger partial charge in [0, 0.05) is 38.9 Å². The van der Waals surface area contributed by atoms with Crippen molar-refractivity contribution in [1.82, 2.24) is 0 Å². The van der Waals surface area contributed by atoms with Crippen molar-refractivity contribution in [3.05, 3.63) is 162 Å². The van der Waals surface area contributed by atoms with E-state index in [1.807, 2.05) is 24.3 Å². The Bertz CT molecular complexity index is 1820. The van der Waals surface area contributed by atoms with Crippen LogP contribution in [-0.4, -0.2) is 0 Å². The first kappa shape index (κ1) is 28.3. The first-order valence-electron chi connectivity index (χ1n) is 14.6. The molecule has 0 aliphatic heterocycles. The molecule has 0 heterocycles. The zero-order valence-corrected chi connectivity index (χ0v) is 25.5. The maximum atomic E-state index is 6.87. The third-order valence-corrected chi connectivity index (χ3v) is 7.85. The van der Waals surface area contributed by atoms with Gasteiger partial charge in [-0.05, 0) is 70.6 Å². The van der Waals surface area contributed by atoms with E-state index in [4.69, 9.17) is 11.6 Å². The van der Waals surface area contributed by atoms with Gasteiger partial charge in [0.05, 0.1) is 5.69 Å². The van der Waals surface area contributed by atoms with Crippen molar-refractivity contribution in [1.29, 1.82) is 0 Å². The van der Waals surface area contributed by atoms with Crippen LogP contribution >= 0.6 is 11.6 Å². The second-order valence-electron chi connectivity index (χ2n) is 11.8. The van der Waals surface area contributed by atoms with Gasteiger partial charge in [-0.15, -0.1) is 0 Å². The summed E-state index contributed by atoms with van der Waals surface area (Å²) in [5.41, 5.74) is 11.0. The second kappa shape index (κ2) is 12.2. The summed E-state index contributed by atoms with van der Waals surface area (Å²) in [6, 6.07) is 52.9. The van der Waals surface area contributed by atoms with Crippen molar-refractivity contribution >= 4 is 40.0 Å². The van der Waals surface area contributed by atoms with E-state index in [0.717, 1.165) is 39.6 Å². The lowest BCUT2D eigenvalue weighted by atomic mass is 9.84. The first-order chi connectivity index (χ1) is 20.9. The predicted octanol–water partition coefficient (Wildman–Crippen LogP) is 12.2. The molecule has 0 fully saturated rings. The summed E-state index contributed by atoms with van der Waals surface area (Å²) in [6.07, 6.45) is 0. The molecule has 1 N–H and O–H groups in total. The molecule has 2 nitrogen and oxygen atoms in total. The molecular weight excluding hydrogens is 544 g/mol. The normalized spacial score (nSPS) is 11.3. The summed E-state index contributed by atoms with van der Waals surface area (Å²) in [7, 11) is 0. The Labute approximate surface area is 260 Å². The summed E-state index contributed by atoms with van der Waals surface area (Å²) in [5, 5.41) is 4.33. The topological polar surface area (TPSA) is 15.3 Å². The zero-order chi connectivity index (χ0) is 29.8. The maximum Gasteiger partial charge on any atom is 0.0540 e. The zero-order valence-electron chi connectivity index (χ0n) is 24.8. The number of halogens is 1. The molecule has 0 aliphatic rings. The second-order valence-corrected chi connectivity index (χ2v) is 12.2. The summed E-state index contributed by atoms with van der Waals surface area (Å²) in [6.45, 7) is 6.77. The molecule has 0 unspecified atom stereocenters. The van der Waals surface area contributed by atoms with Crippen LogP contribution in [0.5, 0.6) is 0 Å². The molecule has 0 saturated heterocycles. The molecule has 0 radical (unpaired) electrons. The van der Waals surface area contributed by atoms with Gasteiger partial charge in [0.1, 0.15) is 0 Å². The summed E-state index contributed by atoms with van der Waals surface area (Å²) in [4.78, 5) is 2.30. The van der Waals surface area contributed by atoms with Gasteiger partial charge in [0.15, 0.2) is 0 Å². The molecule has 0 amide bonds. The van der Waals surface area contributed by atoms with Crippen molar-refractivity contribution < 1.29 is 0 Å². The predicted molar refractivity (Wildman–Crippen MR) is 185 cm³/mol. The van der Waals surface area contributed by atoms with Gasteiger partial charge in [0.2, 0.25) is 0 Å². The molecule has 212 valence electrons. The monoisotopic (exact) mass is 578 g/mol. The highest BCUT2D eigenvalue weighted by atomic mass is 35.5. The van der Waals surface area contributed by atoms with E-state index in [1.165, 1.54) is 16.7 Å². The highest BCUT2D eigenvalue weighted by Crippen LogP contribution is 2.44. The Morgan fingerprint density at radius 1 is 0.535 bits per heavy atom. The molecule has 6 aromatic rings. The van der Waals surface area contributed by atoms with Crippen LogP contribution in [-0.2, 0) is 5.41 Å². The van der Waals surface area contributed by atoms with E-state index in [0.29, 0.717) is 5.02 Å². The van der Waals surface area contributed by atoms with Crippen LogP contribution in [0.25, 0.3) is 22.3 Å². The molecule has 0 spiro atoms. The fraction of sp³-hybridized carbons (Fsp3) is 0.100. The summed E-state index contributed by atoms with van der Waals surface area (Å²) >= 11 is 6.87. The van der Waals surface area contributed by atoms with Crippen LogP contribution in [0, 0.1) is 0 Å². The van der Waals surface area contributed by atoms with Crippen LogP contribution in [0.15, 0.2) is 152 Å². The molecule has 43 heavy (non-hydrogen) atoms. The van der Waals surface area contributed by atoms with Gasteiger partial charge in [-0.1, -0.05) is 136 Å². The lowest BCUT2D eigenvalue weighted by Gasteiger charge is -2.30. The van der Waals surface area contributed by atoms with Gasteiger partial charge in [-0.25, -0.2) is 0 Å². The molecule has 0 aliphatic carbocycles. The molecule has 0 atom stereocenters. The molecular formula is C40H35ClN2. The third-order valence-electron chi connectivity index (χ3n) is 7.63. The Morgan fingerprint density at radius 2 is 1.12 bits per heavy atom. The number of rotatable bonds is 7. The summed E-state index contributed by atoms with van der Waals surface area (Å²) < 4.78 is 0. The van der Waals surface area contributed by atoms with Gasteiger partial charge in [-0.2, -0.15) is 0 Å². The minimum atomic E-state index is 0.0128. The van der Waals surface area contributed by atoms with Gasteiger partial charge < -0.3 is 10.2 Å². The van der Waals surface area contributed by atoms with E-state index < -0.39 is 0 Å². The standard InChI is InChI=1S/C40H35ClN2/c1-40(2,3)31-23-24-39(37(25-31)30-17-9-5-10-18-30)43(34-19-11-6-12-20-34)35-27-32(41)26-33(28-35)42-38-22-14-13-21-36(38)29-15-7-4-8-16-29/h4-28,42H,1-3H3. The van der Waals surface area contributed by atoms with Crippen molar-refractivity contribution in [3.8, 4) is 22.3 Å². The SMILES string of the molecule is CC(C)(C)c1ccc(N(c2ccccc2)c2cc(Cl)cc(Nc3ccccc3-c3ccccc3)c2)c(-c2ccccc2)c1. The van der Waals surface area contributed by atoms with Crippen molar-refractivity contribution in [2.45, 2.75) is 26.2 Å². The quantitative estimate of drug-likeness (QED) is 0.203.